The van der Waals surface area contributed by atoms with Gasteiger partial charge in [-0.3, -0.25) is 4.79 Å². The van der Waals surface area contributed by atoms with E-state index in [2.05, 4.69) is 24.1 Å². The first kappa shape index (κ1) is 12.5. The summed E-state index contributed by atoms with van der Waals surface area (Å²) in [6, 6.07) is 0.430. The van der Waals surface area contributed by atoms with Crippen LogP contribution in [0, 0.1) is 5.92 Å². The Morgan fingerprint density at radius 1 is 1.40 bits per heavy atom. The maximum atomic E-state index is 12.0. The summed E-state index contributed by atoms with van der Waals surface area (Å²) in [6.45, 7) is 6.16. The van der Waals surface area contributed by atoms with E-state index in [1.165, 1.54) is 12.8 Å². The Bertz CT molecular complexity index is 206. The Morgan fingerprint density at radius 2 is 2.13 bits per heavy atom. The van der Waals surface area contributed by atoms with Gasteiger partial charge in [0, 0.05) is 25.6 Å². The summed E-state index contributed by atoms with van der Waals surface area (Å²) < 4.78 is 0. The summed E-state index contributed by atoms with van der Waals surface area (Å²) >= 11 is 0. The van der Waals surface area contributed by atoms with Gasteiger partial charge in [-0.05, 0) is 32.7 Å². The predicted octanol–water partition coefficient (Wildman–Crippen LogP) is 1.63. The zero-order chi connectivity index (χ0) is 11.3. The molecule has 3 heteroatoms. The van der Waals surface area contributed by atoms with Crippen LogP contribution in [0.2, 0.25) is 0 Å². The Morgan fingerprint density at radius 3 is 2.80 bits per heavy atom. The van der Waals surface area contributed by atoms with Crippen molar-refractivity contribution in [3.8, 4) is 0 Å². The van der Waals surface area contributed by atoms with Crippen LogP contribution in [0.5, 0.6) is 0 Å². The molecule has 1 saturated heterocycles. The number of likely N-dealkylation sites (tertiary alicyclic amines) is 1. The number of rotatable bonds is 3. The fourth-order valence-corrected chi connectivity index (χ4v) is 2.25. The van der Waals surface area contributed by atoms with Gasteiger partial charge in [0.15, 0.2) is 0 Å². The lowest BCUT2D eigenvalue weighted by molar-refractivity contribution is -0.133. The largest absolute Gasteiger partial charge is 0.340 e. The van der Waals surface area contributed by atoms with E-state index in [-0.39, 0.29) is 0 Å². The van der Waals surface area contributed by atoms with Gasteiger partial charge in [0.2, 0.25) is 5.91 Å². The lowest BCUT2D eigenvalue weighted by atomic mass is 10.1. The molecule has 0 aromatic heterocycles. The number of carbonyl (C=O) groups excluding carboxylic acids is 1. The van der Waals surface area contributed by atoms with Gasteiger partial charge in [0.1, 0.15) is 0 Å². The number of nitrogens with one attached hydrogen (secondary N) is 1. The summed E-state index contributed by atoms with van der Waals surface area (Å²) in [5.74, 6) is 0.971. The van der Waals surface area contributed by atoms with E-state index < -0.39 is 0 Å². The molecule has 15 heavy (non-hydrogen) atoms. The van der Waals surface area contributed by atoms with E-state index in [9.17, 15) is 4.79 Å². The van der Waals surface area contributed by atoms with Gasteiger partial charge in [-0.25, -0.2) is 0 Å². The molecule has 0 spiro atoms. The van der Waals surface area contributed by atoms with E-state index in [4.69, 9.17) is 0 Å². The van der Waals surface area contributed by atoms with Crippen molar-refractivity contribution in [2.75, 3.05) is 20.1 Å². The van der Waals surface area contributed by atoms with E-state index in [1.807, 2.05) is 7.05 Å². The molecule has 1 N–H and O–H groups in total. The van der Waals surface area contributed by atoms with Crippen LogP contribution in [0.3, 0.4) is 0 Å². The molecule has 0 aromatic rings. The van der Waals surface area contributed by atoms with Crippen molar-refractivity contribution in [2.24, 2.45) is 5.92 Å². The maximum Gasteiger partial charge on any atom is 0.224 e. The third kappa shape index (κ3) is 3.82. The first-order valence-corrected chi connectivity index (χ1v) is 6.09. The zero-order valence-electron chi connectivity index (χ0n) is 10.3. The first-order chi connectivity index (χ1) is 7.15. The van der Waals surface area contributed by atoms with Crippen LogP contribution in [0.25, 0.3) is 0 Å². The van der Waals surface area contributed by atoms with Crippen molar-refractivity contribution >= 4 is 5.91 Å². The molecule has 88 valence electrons. The summed E-state index contributed by atoms with van der Waals surface area (Å²) in [6.07, 6.45) is 4.32. The quantitative estimate of drug-likeness (QED) is 0.771. The van der Waals surface area contributed by atoms with Crippen LogP contribution in [0.1, 0.15) is 39.5 Å². The van der Waals surface area contributed by atoms with Crippen molar-refractivity contribution in [2.45, 2.75) is 45.6 Å². The second kappa shape index (κ2) is 6.11. The van der Waals surface area contributed by atoms with Crippen molar-refractivity contribution in [3.05, 3.63) is 0 Å². The minimum atomic E-state index is 0.311. The normalized spacial score (nSPS) is 27.5. The molecule has 1 heterocycles. The number of hydrogen-bond donors (Lipinski definition) is 1. The molecule has 1 rings (SSSR count). The lowest BCUT2D eigenvalue weighted by Crippen LogP contribution is -2.40. The molecule has 0 saturated carbocycles. The number of nitrogens with zero attached hydrogens (tertiary/aromatic N) is 1. The molecule has 1 aliphatic rings. The molecule has 1 fully saturated rings. The fraction of sp³-hybridized carbons (Fsp3) is 0.917. The van der Waals surface area contributed by atoms with Gasteiger partial charge < -0.3 is 10.2 Å². The zero-order valence-corrected chi connectivity index (χ0v) is 10.3. The lowest BCUT2D eigenvalue weighted by Gasteiger charge is -2.28. The Labute approximate surface area is 93.2 Å². The molecule has 0 radical (unpaired) electrons. The van der Waals surface area contributed by atoms with Gasteiger partial charge in [-0.15, -0.1) is 0 Å². The predicted molar refractivity (Wildman–Crippen MR) is 62.7 cm³/mol. The average molecular weight is 212 g/mol. The highest BCUT2D eigenvalue weighted by molar-refractivity contribution is 5.76. The first-order valence-electron chi connectivity index (χ1n) is 6.09. The van der Waals surface area contributed by atoms with E-state index in [0.717, 1.165) is 19.5 Å². The van der Waals surface area contributed by atoms with Crippen molar-refractivity contribution in [3.63, 3.8) is 0 Å². The van der Waals surface area contributed by atoms with Gasteiger partial charge in [-0.2, -0.15) is 0 Å². The summed E-state index contributed by atoms with van der Waals surface area (Å²) in [7, 11) is 1.89. The second-order valence-corrected chi connectivity index (χ2v) is 4.78. The smallest absolute Gasteiger partial charge is 0.224 e. The summed E-state index contributed by atoms with van der Waals surface area (Å²) in [5, 5.41) is 3.03. The maximum absolute atomic E-state index is 12.0. The Kier molecular flexibility index (Phi) is 5.09. The highest BCUT2D eigenvalue weighted by Crippen LogP contribution is 2.21. The molecule has 3 nitrogen and oxygen atoms in total. The van der Waals surface area contributed by atoms with E-state index in [0.29, 0.717) is 24.3 Å². The third-order valence-electron chi connectivity index (χ3n) is 3.27. The monoisotopic (exact) mass is 212 g/mol. The second-order valence-electron chi connectivity index (χ2n) is 4.78. The van der Waals surface area contributed by atoms with Crippen LogP contribution >= 0.6 is 0 Å². The molecular formula is C12H24N2O. The van der Waals surface area contributed by atoms with Crippen LogP contribution in [0.15, 0.2) is 0 Å². The molecule has 1 aliphatic heterocycles. The minimum absolute atomic E-state index is 0.311. The highest BCUT2D eigenvalue weighted by atomic mass is 16.2. The van der Waals surface area contributed by atoms with Gasteiger partial charge in [-0.1, -0.05) is 13.3 Å². The van der Waals surface area contributed by atoms with Crippen LogP contribution in [-0.4, -0.2) is 37.0 Å². The number of amides is 1. The average Bonchev–Trinajstić information content (AvgIpc) is 2.37. The van der Waals surface area contributed by atoms with E-state index in [1.54, 1.807) is 0 Å². The topological polar surface area (TPSA) is 32.3 Å². The molecule has 2 unspecified atom stereocenters. The van der Waals surface area contributed by atoms with Crippen LogP contribution in [0.4, 0.5) is 0 Å². The SMILES string of the molecule is CNCCC(=O)N1CC(C)CCCC1C. The number of carbonyl (C=O) groups is 1. The molecule has 2 atom stereocenters. The minimum Gasteiger partial charge on any atom is -0.340 e. The highest BCUT2D eigenvalue weighted by Gasteiger charge is 2.24. The summed E-state index contributed by atoms with van der Waals surface area (Å²) in [5.41, 5.74) is 0. The Balaban J connectivity index is 2.51. The standard InChI is InChI=1S/C12H24N2O/c1-10-5-4-6-11(2)14(9-10)12(15)7-8-13-3/h10-11,13H,4-9H2,1-3H3. The van der Waals surface area contributed by atoms with Gasteiger partial charge in [0.05, 0.1) is 0 Å². The molecule has 0 aliphatic carbocycles. The molecule has 1 amide bonds. The molecule has 0 aromatic carbocycles. The van der Waals surface area contributed by atoms with Crippen molar-refractivity contribution in [1.82, 2.24) is 10.2 Å². The van der Waals surface area contributed by atoms with E-state index >= 15 is 0 Å². The Hall–Kier alpha value is -0.570. The van der Waals surface area contributed by atoms with Gasteiger partial charge >= 0.3 is 0 Å². The molecular weight excluding hydrogens is 188 g/mol. The van der Waals surface area contributed by atoms with Crippen LogP contribution < -0.4 is 5.32 Å². The summed E-state index contributed by atoms with van der Waals surface area (Å²) in [4.78, 5) is 14.0. The van der Waals surface area contributed by atoms with Crippen LogP contribution in [-0.2, 0) is 4.79 Å². The molecule has 0 bridgehead atoms. The van der Waals surface area contributed by atoms with Crippen molar-refractivity contribution < 1.29 is 4.79 Å². The van der Waals surface area contributed by atoms with Gasteiger partial charge in [0.25, 0.3) is 0 Å². The number of hydrogen-bond acceptors (Lipinski definition) is 2. The van der Waals surface area contributed by atoms with Crippen molar-refractivity contribution in [1.29, 1.82) is 0 Å². The third-order valence-corrected chi connectivity index (χ3v) is 3.27. The fourth-order valence-electron chi connectivity index (χ4n) is 2.25.